The van der Waals surface area contributed by atoms with Gasteiger partial charge in [0.2, 0.25) is 11.8 Å². The number of nitrogens with one attached hydrogen (secondary N) is 2. The highest BCUT2D eigenvalue weighted by Gasteiger charge is 2.15. The van der Waals surface area contributed by atoms with Crippen LogP contribution < -0.4 is 15.4 Å². The molecule has 0 saturated heterocycles. The quantitative estimate of drug-likeness (QED) is 0.791. The summed E-state index contributed by atoms with van der Waals surface area (Å²) in [5.74, 6) is 0.0452. The molecule has 1 atom stereocenters. The van der Waals surface area contributed by atoms with Crippen molar-refractivity contribution in [2.75, 3.05) is 23.5 Å². The fourth-order valence-corrected chi connectivity index (χ4v) is 2.61. The number of carbonyl (C=O) groups is 2. The van der Waals surface area contributed by atoms with Crippen molar-refractivity contribution in [2.24, 2.45) is 0 Å². The Hall–Kier alpha value is -2.54. The molecule has 2 rings (SSSR count). The van der Waals surface area contributed by atoms with E-state index in [-0.39, 0.29) is 23.4 Å². The molecule has 132 valence electrons. The van der Waals surface area contributed by atoms with Gasteiger partial charge in [-0.1, -0.05) is 0 Å². The van der Waals surface area contributed by atoms with Gasteiger partial charge < -0.3 is 15.4 Å². The standard InChI is InChI=1S/C18H19FN2O3S/c1-12(18(23)21-15-5-3-13(19)4-6-15)25-11-17(22)20-14-7-9-16(24-2)10-8-14/h3-10,12H,11H2,1-2H3,(H,20,22)(H,21,23)/t12-/m0/s1. The van der Waals surface area contributed by atoms with E-state index in [2.05, 4.69) is 10.6 Å². The summed E-state index contributed by atoms with van der Waals surface area (Å²) in [4.78, 5) is 24.0. The van der Waals surface area contributed by atoms with Crippen LogP contribution in [-0.2, 0) is 9.59 Å². The van der Waals surface area contributed by atoms with Crippen LogP contribution in [0, 0.1) is 5.82 Å². The molecule has 2 aromatic rings. The van der Waals surface area contributed by atoms with Gasteiger partial charge in [-0.15, -0.1) is 11.8 Å². The lowest BCUT2D eigenvalue weighted by Gasteiger charge is -2.12. The van der Waals surface area contributed by atoms with Gasteiger partial charge >= 0.3 is 0 Å². The molecule has 0 aliphatic rings. The Labute approximate surface area is 150 Å². The second-order valence-corrected chi connectivity index (χ2v) is 6.56. The van der Waals surface area contributed by atoms with Gasteiger partial charge in [0.1, 0.15) is 11.6 Å². The van der Waals surface area contributed by atoms with E-state index in [4.69, 9.17) is 4.74 Å². The molecule has 5 nitrogen and oxygen atoms in total. The molecule has 0 spiro atoms. The van der Waals surface area contributed by atoms with Gasteiger partial charge in [0.15, 0.2) is 0 Å². The summed E-state index contributed by atoms with van der Waals surface area (Å²) in [5.41, 5.74) is 1.18. The van der Waals surface area contributed by atoms with Crippen LogP contribution in [0.1, 0.15) is 6.92 Å². The molecule has 0 unspecified atom stereocenters. The third-order valence-electron chi connectivity index (χ3n) is 3.32. The topological polar surface area (TPSA) is 67.4 Å². The van der Waals surface area contributed by atoms with Crippen LogP contribution in [0.15, 0.2) is 48.5 Å². The van der Waals surface area contributed by atoms with Crippen molar-refractivity contribution in [3.05, 3.63) is 54.3 Å². The third-order valence-corrected chi connectivity index (χ3v) is 4.46. The predicted octanol–water partition coefficient (Wildman–Crippen LogP) is 3.53. The molecular formula is C18H19FN2O3S. The highest BCUT2D eigenvalue weighted by Crippen LogP contribution is 2.17. The second kappa shape index (κ2) is 9.08. The Balaban J connectivity index is 1.77. The maximum absolute atomic E-state index is 12.8. The van der Waals surface area contributed by atoms with E-state index in [1.807, 2.05) is 0 Å². The van der Waals surface area contributed by atoms with Crippen molar-refractivity contribution >= 4 is 35.0 Å². The van der Waals surface area contributed by atoms with Gasteiger partial charge in [-0.3, -0.25) is 9.59 Å². The molecule has 0 heterocycles. The minimum atomic E-state index is -0.424. The summed E-state index contributed by atoms with van der Waals surface area (Å²) >= 11 is 1.22. The summed E-state index contributed by atoms with van der Waals surface area (Å²) < 4.78 is 17.9. The molecule has 2 aromatic carbocycles. The van der Waals surface area contributed by atoms with Crippen LogP contribution in [0.25, 0.3) is 0 Å². The van der Waals surface area contributed by atoms with Gasteiger partial charge in [-0.05, 0) is 55.5 Å². The molecule has 25 heavy (non-hydrogen) atoms. The first-order valence-corrected chi connectivity index (χ1v) is 8.65. The zero-order valence-electron chi connectivity index (χ0n) is 13.9. The molecule has 7 heteroatoms. The zero-order valence-corrected chi connectivity index (χ0v) is 14.7. The molecule has 0 aliphatic heterocycles. The highest BCUT2D eigenvalue weighted by atomic mass is 32.2. The minimum Gasteiger partial charge on any atom is -0.497 e. The van der Waals surface area contributed by atoms with Crippen molar-refractivity contribution in [1.29, 1.82) is 0 Å². The van der Waals surface area contributed by atoms with Gasteiger partial charge in [-0.2, -0.15) is 0 Å². The molecule has 2 amide bonds. The van der Waals surface area contributed by atoms with Crippen LogP contribution >= 0.6 is 11.8 Å². The molecule has 0 radical (unpaired) electrons. The number of amides is 2. The maximum Gasteiger partial charge on any atom is 0.237 e. The van der Waals surface area contributed by atoms with Crippen LogP contribution in [-0.4, -0.2) is 29.9 Å². The maximum atomic E-state index is 12.8. The van der Waals surface area contributed by atoms with E-state index in [9.17, 15) is 14.0 Å². The van der Waals surface area contributed by atoms with E-state index < -0.39 is 5.25 Å². The first-order valence-electron chi connectivity index (χ1n) is 7.60. The Kier molecular flexibility index (Phi) is 6.82. The van der Waals surface area contributed by atoms with Crippen molar-refractivity contribution in [3.8, 4) is 5.75 Å². The SMILES string of the molecule is COc1ccc(NC(=O)CS[C@@H](C)C(=O)Nc2ccc(F)cc2)cc1. The number of anilines is 2. The number of benzene rings is 2. The summed E-state index contributed by atoms with van der Waals surface area (Å²) in [5, 5.41) is 5.01. The monoisotopic (exact) mass is 362 g/mol. The van der Waals surface area contributed by atoms with Gasteiger partial charge in [0.25, 0.3) is 0 Å². The van der Waals surface area contributed by atoms with Gasteiger partial charge in [0, 0.05) is 11.4 Å². The molecule has 0 aliphatic carbocycles. The Morgan fingerprint density at radius 3 is 2.20 bits per heavy atom. The molecular weight excluding hydrogens is 343 g/mol. The summed E-state index contributed by atoms with van der Waals surface area (Å²) in [7, 11) is 1.57. The Bertz CT molecular complexity index is 720. The smallest absolute Gasteiger partial charge is 0.237 e. The largest absolute Gasteiger partial charge is 0.497 e. The van der Waals surface area contributed by atoms with E-state index in [0.29, 0.717) is 17.1 Å². The fraction of sp³-hybridized carbons (Fsp3) is 0.222. The summed E-state index contributed by atoms with van der Waals surface area (Å²) in [6, 6.07) is 12.5. The molecule has 0 bridgehead atoms. The number of thioether (sulfide) groups is 1. The van der Waals surface area contributed by atoms with Crippen LogP contribution in [0.3, 0.4) is 0 Å². The zero-order chi connectivity index (χ0) is 18.2. The van der Waals surface area contributed by atoms with E-state index in [0.717, 1.165) is 0 Å². The molecule has 0 saturated carbocycles. The predicted molar refractivity (Wildman–Crippen MR) is 98.6 cm³/mol. The van der Waals surface area contributed by atoms with E-state index in [1.54, 1.807) is 38.3 Å². The summed E-state index contributed by atoms with van der Waals surface area (Å²) in [6.07, 6.45) is 0. The van der Waals surface area contributed by atoms with Crippen LogP contribution in [0.2, 0.25) is 0 Å². The number of methoxy groups -OCH3 is 1. The lowest BCUT2D eigenvalue weighted by atomic mass is 10.3. The molecule has 2 N–H and O–H groups in total. The number of ether oxygens (including phenoxy) is 1. The lowest BCUT2D eigenvalue weighted by molar-refractivity contribution is -0.115. The number of rotatable bonds is 7. The number of carbonyl (C=O) groups excluding carboxylic acids is 2. The third kappa shape index (κ3) is 6.11. The van der Waals surface area contributed by atoms with Crippen molar-refractivity contribution in [1.82, 2.24) is 0 Å². The molecule has 0 fully saturated rings. The number of hydrogen-bond acceptors (Lipinski definition) is 4. The van der Waals surface area contributed by atoms with Gasteiger partial charge in [0.05, 0.1) is 18.1 Å². The number of hydrogen-bond donors (Lipinski definition) is 2. The minimum absolute atomic E-state index is 0.143. The average Bonchev–Trinajstić information content (AvgIpc) is 2.62. The van der Waals surface area contributed by atoms with Crippen LogP contribution in [0.5, 0.6) is 5.75 Å². The van der Waals surface area contributed by atoms with Crippen molar-refractivity contribution < 1.29 is 18.7 Å². The summed E-state index contributed by atoms with van der Waals surface area (Å²) in [6.45, 7) is 1.71. The van der Waals surface area contributed by atoms with Crippen molar-refractivity contribution in [2.45, 2.75) is 12.2 Å². The highest BCUT2D eigenvalue weighted by molar-refractivity contribution is 8.01. The normalized spacial score (nSPS) is 11.5. The molecule has 0 aromatic heterocycles. The van der Waals surface area contributed by atoms with Crippen LogP contribution in [0.4, 0.5) is 15.8 Å². The second-order valence-electron chi connectivity index (χ2n) is 5.23. The number of halogens is 1. The first kappa shape index (κ1) is 18.8. The van der Waals surface area contributed by atoms with Crippen molar-refractivity contribution in [3.63, 3.8) is 0 Å². The van der Waals surface area contributed by atoms with E-state index >= 15 is 0 Å². The lowest BCUT2D eigenvalue weighted by Crippen LogP contribution is -2.25. The van der Waals surface area contributed by atoms with Gasteiger partial charge in [-0.25, -0.2) is 4.39 Å². The Morgan fingerprint density at radius 1 is 1.04 bits per heavy atom. The average molecular weight is 362 g/mol. The fourth-order valence-electron chi connectivity index (χ4n) is 1.92. The Morgan fingerprint density at radius 2 is 1.60 bits per heavy atom. The first-order chi connectivity index (χ1) is 12.0. The van der Waals surface area contributed by atoms with E-state index in [1.165, 1.54) is 36.0 Å².